The van der Waals surface area contributed by atoms with E-state index >= 15 is 0 Å². The van der Waals surface area contributed by atoms with Gasteiger partial charge in [0.1, 0.15) is 5.75 Å². The van der Waals surface area contributed by atoms with Crippen LogP contribution < -0.4 is 16.0 Å². The Morgan fingerprint density at radius 1 is 1.47 bits per heavy atom. The monoisotopic (exact) mass is 312 g/mol. The number of carbonyl (C=O) groups is 1. The van der Waals surface area contributed by atoms with Crippen LogP contribution in [0.1, 0.15) is 0 Å². The van der Waals surface area contributed by atoms with Gasteiger partial charge in [-0.05, 0) is 22.0 Å². The summed E-state index contributed by atoms with van der Waals surface area (Å²) in [5.74, 6) is 4.76. The van der Waals surface area contributed by atoms with E-state index in [4.69, 9.17) is 33.8 Å². The Bertz CT molecular complexity index is 387. The second kappa shape index (κ2) is 5.55. The van der Waals surface area contributed by atoms with Gasteiger partial charge in [-0.25, -0.2) is 5.84 Å². The van der Waals surface area contributed by atoms with Crippen LogP contribution >= 0.6 is 39.1 Å². The van der Waals surface area contributed by atoms with Crippen LogP contribution in [0.4, 0.5) is 0 Å². The van der Waals surface area contributed by atoms with E-state index in [1.54, 1.807) is 6.07 Å². The molecule has 0 saturated carbocycles. The van der Waals surface area contributed by atoms with Gasteiger partial charge < -0.3 is 4.74 Å². The van der Waals surface area contributed by atoms with E-state index in [2.05, 4.69) is 15.9 Å². The standard InChI is InChI=1S/C8H7BrCl2N2O2/c9-4-1-6(11)7(2-5(4)10)15-3-8(14)13-12/h1-2H,3,12H2,(H,13,14). The van der Waals surface area contributed by atoms with E-state index in [0.717, 1.165) is 0 Å². The van der Waals surface area contributed by atoms with Gasteiger partial charge in [-0.15, -0.1) is 0 Å². The number of hydrazine groups is 1. The lowest BCUT2D eigenvalue weighted by atomic mass is 10.3. The number of amides is 1. The summed E-state index contributed by atoms with van der Waals surface area (Å²) >= 11 is 14.9. The summed E-state index contributed by atoms with van der Waals surface area (Å²) in [6, 6.07) is 3.09. The summed E-state index contributed by atoms with van der Waals surface area (Å²) in [5, 5.41) is 0.804. The molecule has 3 N–H and O–H groups in total. The molecule has 1 amide bonds. The van der Waals surface area contributed by atoms with E-state index in [9.17, 15) is 4.79 Å². The van der Waals surface area contributed by atoms with Gasteiger partial charge in [0.2, 0.25) is 0 Å². The molecule has 1 rings (SSSR count). The van der Waals surface area contributed by atoms with Crippen LogP contribution in [0.2, 0.25) is 10.0 Å². The van der Waals surface area contributed by atoms with Crippen LogP contribution in [0.15, 0.2) is 16.6 Å². The molecule has 0 atom stereocenters. The number of halogens is 3. The van der Waals surface area contributed by atoms with Crippen molar-refractivity contribution in [3.8, 4) is 5.75 Å². The van der Waals surface area contributed by atoms with Gasteiger partial charge in [0, 0.05) is 10.5 Å². The first-order chi connectivity index (χ1) is 7.04. The molecule has 0 radical (unpaired) electrons. The average molecular weight is 314 g/mol. The average Bonchev–Trinajstić information content (AvgIpc) is 2.21. The zero-order chi connectivity index (χ0) is 11.4. The predicted molar refractivity (Wildman–Crippen MR) is 62.0 cm³/mol. The minimum atomic E-state index is -0.454. The van der Waals surface area contributed by atoms with Gasteiger partial charge in [0.15, 0.2) is 6.61 Å². The molecule has 0 spiro atoms. The Hall–Kier alpha value is -0.490. The number of nitrogens with one attached hydrogen (secondary N) is 1. The summed E-state index contributed by atoms with van der Waals surface area (Å²) in [4.78, 5) is 10.8. The quantitative estimate of drug-likeness (QED) is 0.389. The summed E-state index contributed by atoms with van der Waals surface area (Å²) in [6.07, 6.45) is 0. The van der Waals surface area contributed by atoms with Gasteiger partial charge >= 0.3 is 0 Å². The molecule has 1 aromatic rings. The van der Waals surface area contributed by atoms with E-state index in [1.165, 1.54) is 6.07 Å². The van der Waals surface area contributed by atoms with Crippen molar-refractivity contribution in [1.82, 2.24) is 5.43 Å². The zero-order valence-electron chi connectivity index (χ0n) is 7.39. The summed E-state index contributed by atoms with van der Waals surface area (Å²) in [7, 11) is 0. The number of carbonyl (C=O) groups excluding carboxylic acids is 1. The highest BCUT2D eigenvalue weighted by Gasteiger charge is 2.08. The van der Waals surface area contributed by atoms with Crippen LogP contribution in [-0.2, 0) is 4.79 Å². The minimum Gasteiger partial charge on any atom is -0.482 e. The van der Waals surface area contributed by atoms with Gasteiger partial charge in [-0.1, -0.05) is 23.2 Å². The highest BCUT2D eigenvalue weighted by Crippen LogP contribution is 2.33. The van der Waals surface area contributed by atoms with E-state index in [-0.39, 0.29) is 6.61 Å². The Kier molecular flexibility index (Phi) is 4.66. The number of ether oxygens (including phenoxy) is 1. The molecule has 0 saturated heterocycles. The Morgan fingerprint density at radius 3 is 2.73 bits per heavy atom. The highest BCUT2D eigenvalue weighted by molar-refractivity contribution is 9.10. The van der Waals surface area contributed by atoms with Crippen LogP contribution in [0.3, 0.4) is 0 Å². The molecule has 0 heterocycles. The van der Waals surface area contributed by atoms with Crippen molar-refractivity contribution >= 4 is 45.0 Å². The third-order valence-corrected chi connectivity index (χ3v) is 2.99. The van der Waals surface area contributed by atoms with Crippen molar-refractivity contribution in [2.75, 3.05) is 6.61 Å². The second-order valence-corrected chi connectivity index (χ2v) is 4.22. The smallest absolute Gasteiger partial charge is 0.271 e. The van der Waals surface area contributed by atoms with Crippen molar-refractivity contribution in [2.24, 2.45) is 5.84 Å². The lowest BCUT2D eigenvalue weighted by molar-refractivity contribution is -0.123. The lowest BCUT2D eigenvalue weighted by Crippen LogP contribution is -2.34. The summed E-state index contributed by atoms with van der Waals surface area (Å²) in [5.41, 5.74) is 1.93. The first-order valence-corrected chi connectivity index (χ1v) is 5.36. The third kappa shape index (κ3) is 3.53. The van der Waals surface area contributed by atoms with Gasteiger partial charge in [0.05, 0.1) is 10.0 Å². The van der Waals surface area contributed by atoms with Crippen molar-refractivity contribution in [1.29, 1.82) is 0 Å². The number of hydrogen-bond donors (Lipinski definition) is 2. The van der Waals surface area contributed by atoms with Gasteiger partial charge in [-0.2, -0.15) is 0 Å². The molecule has 0 aliphatic carbocycles. The van der Waals surface area contributed by atoms with Crippen molar-refractivity contribution in [2.45, 2.75) is 0 Å². The third-order valence-electron chi connectivity index (χ3n) is 1.49. The molecular weight excluding hydrogens is 307 g/mol. The molecule has 1 aromatic carbocycles. The first-order valence-electron chi connectivity index (χ1n) is 3.81. The molecule has 0 fully saturated rings. The summed E-state index contributed by atoms with van der Waals surface area (Å²) < 4.78 is 5.75. The van der Waals surface area contributed by atoms with Crippen LogP contribution in [0.5, 0.6) is 5.75 Å². The first kappa shape index (κ1) is 12.6. The SMILES string of the molecule is NNC(=O)COc1cc(Cl)c(Br)cc1Cl. The number of benzene rings is 1. The largest absolute Gasteiger partial charge is 0.482 e. The van der Waals surface area contributed by atoms with E-state index in [0.29, 0.717) is 20.3 Å². The van der Waals surface area contributed by atoms with E-state index < -0.39 is 5.91 Å². The van der Waals surface area contributed by atoms with Crippen LogP contribution in [0, 0.1) is 0 Å². The highest BCUT2D eigenvalue weighted by atomic mass is 79.9. The van der Waals surface area contributed by atoms with Crippen molar-refractivity contribution in [3.05, 3.63) is 26.7 Å². The molecule has 4 nitrogen and oxygen atoms in total. The maximum Gasteiger partial charge on any atom is 0.271 e. The van der Waals surface area contributed by atoms with Gasteiger partial charge in [0.25, 0.3) is 5.91 Å². The van der Waals surface area contributed by atoms with Crippen molar-refractivity contribution < 1.29 is 9.53 Å². The maximum atomic E-state index is 10.8. The fraction of sp³-hybridized carbons (Fsp3) is 0.125. The molecular formula is C8H7BrCl2N2O2. The molecule has 0 aliphatic rings. The molecule has 0 aliphatic heterocycles. The maximum absolute atomic E-state index is 10.8. The van der Waals surface area contributed by atoms with Crippen molar-refractivity contribution in [3.63, 3.8) is 0 Å². The Morgan fingerprint density at radius 2 is 2.13 bits per heavy atom. The molecule has 0 unspecified atom stereocenters. The number of nitrogens with two attached hydrogens (primary N) is 1. The zero-order valence-corrected chi connectivity index (χ0v) is 10.5. The molecule has 7 heteroatoms. The van der Waals surface area contributed by atoms with Gasteiger partial charge in [-0.3, -0.25) is 10.2 Å². The number of rotatable bonds is 3. The fourth-order valence-electron chi connectivity index (χ4n) is 0.800. The molecule has 15 heavy (non-hydrogen) atoms. The number of hydrogen-bond acceptors (Lipinski definition) is 3. The molecule has 82 valence electrons. The van der Waals surface area contributed by atoms with Crippen LogP contribution in [-0.4, -0.2) is 12.5 Å². The molecule has 0 aromatic heterocycles. The Balaban J connectivity index is 2.77. The second-order valence-electron chi connectivity index (χ2n) is 2.55. The minimum absolute atomic E-state index is 0.214. The summed E-state index contributed by atoms with van der Waals surface area (Å²) in [6.45, 7) is -0.214. The lowest BCUT2D eigenvalue weighted by Gasteiger charge is -2.08. The van der Waals surface area contributed by atoms with Crippen LogP contribution in [0.25, 0.3) is 0 Å². The van der Waals surface area contributed by atoms with E-state index in [1.807, 2.05) is 5.43 Å². The normalized spacial score (nSPS) is 9.87. The molecule has 0 bridgehead atoms. The fourth-order valence-corrected chi connectivity index (χ4v) is 1.65. The topological polar surface area (TPSA) is 64.3 Å². The predicted octanol–water partition coefficient (Wildman–Crippen LogP) is 2.12. The Labute approximate surface area is 105 Å².